The van der Waals surface area contributed by atoms with Gasteiger partial charge in [0, 0.05) is 29.6 Å². The first-order valence-electron chi connectivity index (χ1n) is 6.32. The third-order valence-electron chi connectivity index (χ3n) is 3.09. The average molecular weight is 263 g/mol. The average Bonchev–Trinajstić information content (AvgIpc) is 2.51. The van der Waals surface area contributed by atoms with Gasteiger partial charge in [-0.25, -0.2) is 0 Å². The molecule has 0 bridgehead atoms. The molecule has 20 heavy (non-hydrogen) atoms. The highest BCUT2D eigenvalue weighted by Crippen LogP contribution is 2.19. The molecule has 3 aromatic rings. The quantitative estimate of drug-likeness (QED) is 0.714. The van der Waals surface area contributed by atoms with E-state index in [1.165, 1.54) is 4.68 Å². The van der Waals surface area contributed by atoms with Crippen molar-refractivity contribution in [2.45, 2.75) is 6.92 Å². The molecule has 4 nitrogen and oxygen atoms in total. The molecule has 3 rings (SSSR count). The van der Waals surface area contributed by atoms with Gasteiger partial charge in [-0.3, -0.25) is 9.78 Å². The monoisotopic (exact) mass is 263 g/mol. The first-order chi connectivity index (χ1) is 9.75. The molecule has 1 aromatic carbocycles. The third-order valence-corrected chi connectivity index (χ3v) is 3.09. The molecule has 0 saturated heterocycles. The van der Waals surface area contributed by atoms with Crippen molar-refractivity contribution in [1.82, 2.24) is 14.8 Å². The molecule has 0 fully saturated rings. The molecule has 0 atom stereocenters. The molecule has 0 aliphatic carbocycles. The lowest BCUT2D eigenvalue weighted by molar-refractivity contribution is 0.787. The number of benzene rings is 1. The third kappa shape index (κ3) is 2.23. The minimum absolute atomic E-state index is 0.152. The van der Waals surface area contributed by atoms with Crippen molar-refractivity contribution < 1.29 is 0 Å². The van der Waals surface area contributed by atoms with Crippen LogP contribution in [0.15, 0.2) is 65.7 Å². The molecule has 0 saturated carbocycles. The molecular formula is C16H13N3O. The van der Waals surface area contributed by atoms with Crippen LogP contribution in [0.3, 0.4) is 0 Å². The van der Waals surface area contributed by atoms with Crippen LogP contribution in [-0.2, 0) is 0 Å². The van der Waals surface area contributed by atoms with E-state index in [1.54, 1.807) is 18.5 Å². The number of aryl methyl sites for hydroxylation is 1. The number of nitrogens with zero attached hydrogens (tertiary/aromatic N) is 3. The van der Waals surface area contributed by atoms with Crippen molar-refractivity contribution in [3.63, 3.8) is 0 Å². The van der Waals surface area contributed by atoms with Gasteiger partial charge in [0.15, 0.2) is 0 Å². The molecule has 0 amide bonds. The second kappa shape index (κ2) is 5.09. The van der Waals surface area contributed by atoms with Crippen molar-refractivity contribution in [3.05, 3.63) is 77.0 Å². The normalized spacial score (nSPS) is 10.4. The second-order valence-electron chi connectivity index (χ2n) is 4.47. The summed E-state index contributed by atoms with van der Waals surface area (Å²) in [5.74, 6) is 0. The predicted molar refractivity (Wildman–Crippen MR) is 77.8 cm³/mol. The molecule has 2 aromatic heterocycles. The number of pyridine rings is 1. The zero-order valence-corrected chi connectivity index (χ0v) is 11.0. The van der Waals surface area contributed by atoms with Crippen LogP contribution in [-0.4, -0.2) is 14.8 Å². The van der Waals surface area contributed by atoms with Crippen molar-refractivity contribution in [1.29, 1.82) is 0 Å². The van der Waals surface area contributed by atoms with E-state index in [0.29, 0.717) is 0 Å². The van der Waals surface area contributed by atoms with Gasteiger partial charge in [0.1, 0.15) is 0 Å². The molecule has 0 aliphatic heterocycles. The summed E-state index contributed by atoms with van der Waals surface area (Å²) in [6, 6.07) is 14.8. The minimum Gasteiger partial charge on any atom is -0.267 e. The Balaban J connectivity index is 2.15. The van der Waals surface area contributed by atoms with E-state index in [-0.39, 0.29) is 5.56 Å². The van der Waals surface area contributed by atoms with Crippen molar-refractivity contribution in [3.8, 4) is 16.8 Å². The van der Waals surface area contributed by atoms with E-state index >= 15 is 0 Å². The second-order valence-corrected chi connectivity index (χ2v) is 4.47. The summed E-state index contributed by atoms with van der Waals surface area (Å²) in [6.45, 7) is 1.89. The Morgan fingerprint density at radius 2 is 1.85 bits per heavy atom. The zero-order valence-electron chi connectivity index (χ0n) is 11.0. The van der Waals surface area contributed by atoms with Gasteiger partial charge in [-0.15, -0.1) is 0 Å². The molecule has 0 radical (unpaired) electrons. The summed E-state index contributed by atoms with van der Waals surface area (Å²) in [5, 5.41) is 4.40. The predicted octanol–water partition coefficient (Wildman–Crippen LogP) is 2.60. The fraction of sp³-hybridized carbons (Fsp3) is 0.0625. The van der Waals surface area contributed by atoms with Crippen molar-refractivity contribution >= 4 is 0 Å². The Kier molecular flexibility index (Phi) is 3.13. The van der Waals surface area contributed by atoms with E-state index in [4.69, 9.17) is 0 Å². The number of para-hydroxylation sites is 1. The summed E-state index contributed by atoms with van der Waals surface area (Å²) >= 11 is 0. The Morgan fingerprint density at radius 1 is 1.05 bits per heavy atom. The number of hydrogen-bond acceptors (Lipinski definition) is 3. The molecule has 0 spiro atoms. The van der Waals surface area contributed by atoms with Crippen LogP contribution in [0.25, 0.3) is 16.8 Å². The lowest BCUT2D eigenvalue weighted by Gasteiger charge is -2.09. The van der Waals surface area contributed by atoms with Gasteiger partial charge in [-0.1, -0.05) is 24.3 Å². The Morgan fingerprint density at radius 3 is 2.55 bits per heavy atom. The Bertz CT molecular complexity index is 780. The van der Waals surface area contributed by atoms with Gasteiger partial charge in [0.25, 0.3) is 5.56 Å². The van der Waals surface area contributed by atoms with E-state index in [2.05, 4.69) is 10.1 Å². The van der Waals surface area contributed by atoms with E-state index in [9.17, 15) is 4.79 Å². The zero-order chi connectivity index (χ0) is 13.9. The first kappa shape index (κ1) is 12.3. The van der Waals surface area contributed by atoms with Gasteiger partial charge < -0.3 is 0 Å². The number of aromatic nitrogens is 3. The first-order valence-corrected chi connectivity index (χ1v) is 6.32. The van der Waals surface area contributed by atoms with Crippen LogP contribution in [0.1, 0.15) is 5.69 Å². The van der Waals surface area contributed by atoms with Gasteiger partial charge in [-0.2, -0.15) is 9.78 Å². The van der Waals surface area contributed by atoms with Crippen LogP contribution >= 0.6 is 0 Å². The van der Waals surface area contributed by atoms with Gasteiger partial charge in [-0.05, 0) is 25.1 Å². The molecule has 2 heterocycles. The van der Waals surface area contributed by atoms with E-state index in [1.807, 2.05) is 49.4 Å². The summed E-state index contributed by atoms with van der Waals surface area (Å²) in [6.07, 6.45) is 3.44. The fourth-order valence-electron chi connectivity index (χ4n) is 2.11. The summed E-state index contributed by atoms with van der Waals surface area (Å²) in [4.78, 5) is 16.3. The largest absolute Gasteiger partial charge is 0.272 e. The molecule has 4 heteroatoms. The maximum atomic E-state index is 12.2. The maximum absolute atomic E-state index is 12.2. The fourth-order valence-corrected chi connectivity index (χ4v) is 2.11. The van der Waals surface area contributed by atoms with Crippen LogP contribution < -0.4 is 5.56 Å². The highest BCUT2D eigenvalue weighted by molar-refractivity contribution is 5.64. The summed E-state index contributed by atoms with van der Waals surface area (Å²) in [7, 11) is 0. The minimum atomic E-state index is -0.152. The van der Waals surface area contributed by atoms with E-state index < -0.39 is 0 Å². The standard InChI is InChI=1S/C16H13N3O/c1-12-15(13-6-5-9-17-11-13)10-16(20)19(18-12)14-7-3-2-4-8-14/h2-11H,1H3. The smallest absolute Gasteiger partial charge is 0.267 e. The highest BCUT2D eigenvalue weighted by atomic mass is 16.1. The van der Waals surface area contributed by atoms with Crippen LogP contribution in [0.4, 0.5) is 0 Å². The highest BCUT2D eigenvalue weighted by Gasteiger charge is 2.08. The van der Waals surface area contributed by atoms with Crippen LogP contribution in [0.5, 0.6) is 0 Å². The number of hydrogen-bond donors (Lipinski definition) is 0. The lowest BCUT2D eigenvalue weighted by atomic mass is 10.1. The van der Waals surface area contributed by atoms with Gasteiger partial charge in [0.2, 0.25) is 0 Å². The Labute approximate surface area is 116 Å². The summed E-state index contributed by atoms with van der Waals surface area (Å²) in [5.41, 5.74) is 3.12. The molecule has 98 valence electrons. The van der Waals surface area contributed by atoms with E-state index in [0.717, 1.165) is 22.5 Å². The lowest BCUT2D eigenvalue weighted by Crippen LogP contribution is -2.21. The molecule has 0 unspecified atom stereocenters. The van der Waals surface area contributed by atoms with Crippen LogP contribution in [0, 0.1) is 6.92 Å². The maximum Gasteiger partial charge on any atom is 0.272 e. The molecule has 0 aliphatic rings. The van der Waals surface area contributed by atoms with Gasteiger partial charge in [0.05, 0.1) is 11.4 Å². The topological polar surface area (TPSA) is 47.8 Å². The number of rotatable bonds is 2. The molecular weight excluding hydrogens is 250 g/mol. The summed E-state index contributed by atoms with van der Waals surface area (Å²) < 4.78 is 1.41. The Hall–Kier alpha value is -2.75. The van der Waals surface area contributed by atoms with Gasteiger partial charge >= 0.3 is 0 Å². The van der Waals surface area contributed by atoms with Crippen molar-refractivity contribution in [2.24, 2.45) is 0 Å². The van der Waals surface area contributed by atoms with Crippen LogP contribution in [0.2, 0.25) is 0 Å². The molecule has 0 N–H and O–H groups in total. The SMILES string of the molecule is Cc1nn(-c2ccccc2)c(=O)cc1-c1cccnc1. The van der Waals surface area contributed by atoms with Crippen molar-refractivity contribution in [2.75, 3.05) is 0 Å².